The van der Waals surface area contributed by atoms with Crippen LogP contribution in [0.3, 0.4) is 0 Å². The fraction of sp³-hybridized carbons (Fsp3) is 0.500. The van der Waals surface area contributed by atoms with Gasteiger partial charge in [0.2, 0.25) is 0 Å². The highest BCUT2D eigenvalue weighted by Crippen LogP contribution is 2.29. The third kappa shape index (κ3) is 2.77. The number of aryl methyl sites for hydroxylation is 2. The molecule has 2 aromatic rings. The summed E-state index contributed by atoms with van der Waals surface area (Å²) in [6.45, 7) is 1.45. The van der Waals surface area contributed by atoms with Gasteiger partial charge < -0.3 is 14.8 Å². The van der Waals surface area contributed by atoms with Crippen molar-refractivity contribution in [2.45, 2.75) is 51.2 Å². The van der Waals surface area contributed by atoms with E-state index in [1.54, 1.807) is 4.90 Å². The Morgan fingerprint density at radius 2 is 2.17 bits per heavy atom. The minimum Gasteiger partial charge on any atom is -0.331 e. The van der Waals surface area contributed by atoms with Crippen LogP contribution in [0.5, 0.6) is 0 Å². The van der Waals surface area contributed by atoms with Gasteiger partial charge in [0.05, 0.1) is 12.6 Å². The van der Waals surface area contributed by atoms with E-state index in [0.29, 0.717) is 6.54 Å². The topological polar surface area (TPSA) is 63.1 Å². The van der Waals surface area contributed by atoms with Crippen LogP contribution in [0.2, 0.25) is 0 Å². The number of amides is 2. The molecule has 1 N–H and O–H groups in total. The van der Waals surface area contributed by atoms with E-state index in [0.717, 1.165) is 50.3 Å². The molecule has 0 spiro atoms. The highest BCUT2D eigenvalue weighted by atomic mass is 16.2. The molecule has 1 aromatic carbocycles. The number of hydrogen-bond donors (Lipinski definition) is 1. The van der Waals surface area contributed by atoms with Crippen molar-refractivity contribution >= 4 is 6.03 Å². The Bertz CT molecular complexity index is 754. The first-order valence-corrected chi connectivity index (χ1v) is 8.73. The van der Waals surface area contributed by atoms with Crippen molar-refractivity contribution < 1.29 is 4.79 Å². The van der Waals surface area contributed by atoms with E-state index in [1.165, 1.54) is 11.1 Å². The second-order valence-electron chi connectivity index (χ2n) is 6.74. The van der Waals surface area contributed by atoms with Crippen molar-refractivity contribution in [3.63, 3.8) is 0 Å². The highest BCUT2D eigenvalue weighted by molar-refractivity contribution is 5.74. The van der Waals surface area contributed by atoms with Gasteiger partial charge in [-0.3, -0.25) is 0 Å². The van der Waals surface area contributed by atoms with E-state index in [9.17, 15) is 4.79 Å². The number of rotatable bonds is 3. The van der Waals surface area contributed by atoms with Gasteiger partial charge in [0.15, 0.2) is 5.82 Å². The summed E-state index contributed by atoms with van der Waals surface area (Å²) in [5.74, 6) is 1.92. The third-order valence-corrected chi connectivity index (χ3v) is 5.08. The average Bonchev–Trinajstić information content (AvgIpc) is 3.20. The Morgan fingerprint density at radius 1 is 1.29 bits per heavy atom. The molecular formula is C18H23N5O. The number of carbonyl (C=O) groups is 1. The van der Waals surface area contributed by atoms with Gasteiger partial charge in [-0.2, -0.15) is 0 Å². The molecule has 0 bridgehead atoms. The number of nitrogens with one attached hydrogen (secondary N) is 1. The van der Waals surface area contributed by atoms with Crippen LogP contribution in [0.15, 0.2) is 24.3 Å². The van der Waals surface area contributed by atoms with Gasteiger partial charge in [-0.1, -0.05) is 24.3 Å². The lowest BCUT2D eigenvalue weighted by atomic mass is 9.88. The van der Waals surface area contributed by atoms with Gasteiger partial charge in [-0.15, -0.1) is 10.2 Å². The molecule has 2 heterocycles. The SMILES string of the molecule is CN(Cc1nnc2n1CCC2)C(=O)NC1CCCc2ccccc21. The molecule has 0 fully saturated rings. The number of carbonyl (C=O) groups excluding carboxylic acids is 1. The monoisotopic (exact) mass is 325 g/mol. The van der Waals surface area contributed by atoms with Crippen LogP contribution in [0, 0.1) is 0 Å². The first-order chi connectivity index (χ1) is 11.7. The molecule has 2 aliphatic rings. The van der Waals surface area contributed by atoms with E-state index >= 15 is 0 Å². The minimum absolute atomic E-state index is 0.0490. The lowest BCUT2D eigenvalue weighted by Crippen LogP contribution is -2.40. The summed E-state index contributed by atoms with van der Waals surface area (Å²) in [4.78, 5) is 14.3. The van der Waals surface area contributed by atoms with Crippen molar-refractivity contribution in [1.29, 1.82) is 0 Å². The van der Waals surface area contributed by atoms with Gasteiger partial charge in [0.1, 0.15) is 5.82 Å². The van der Waals surface area contributed by atoms with E-state index in [-0.39, 0.29) is 12.1 Å². The molecule has 24 heavy (non-hydrogen) atoms. The summed E-state index contributed by atoms with van der Waals surface area (Å²) in [7, 11) is 1.82. The smallest absolute Gasteiger partial charge is 0.318 e. The molecule has 6 heteroatoms. The van der Waals surface area contributed by atoms with Crippen molar-refractivity contribution in [1.82, 2.24) is 25.0 Å². The van der Waals surface area contributed by atoms with E-state index in [1.807, 2.05) is 13.1 Å². The van der Waals surface area contributed by atoms with Crippen molar-refractivity contribution in [2.75, 3.05) is 7.05 Å². The molecular weight excluding hydrogens is 302 g/mol. The quantitative estimate of drug-likeness (QED) is 0.943. The van der Waals surface area contributed by atoms with Crippen molar-refractivity contribution in [3.05, 3.63) is 47.0 Å². The number of benzene rings is 1. The molecule has 4 rings (SSSR count). The number of nitrogens with zero attached hydrogens (tertiary/aromatic N) is 4. The molecule has 0 radical (unpaired) electrons. The zero-order valence-corrected chi connectivity index (χ0v) is 14.0. The van der Waals surface area contributed by atoms with E-state index in [2.05, 4.69) is 38.3 Å². The van der Waals surface area contributed by atoms with Gasteiger partial charge in [-0.25, -0.2) is 4.79 Å². The normalized spacial score (nSPS) is 18.8. The minimum atomic E-state index is -0.0490. The maximum Gasteiger partial charge on any atom is 0.318 e. The standard InChI is InChI=1S/C18H23N5O/c1-22(12-17-21-20-16-10-5-11-23(16)17)18(24)19-15-9-4-7-13-6-2-3-8-14(13)15/h2-3,6,8,15H,4-5,7,9-12H2,1H3,(H,19,24). The van der Waals surface area contributed by atoms with Crippen LogP contribution >= 0.6 is 0 Å². The fourth-order valence-electron chi connectivity index (χ4n) is 3.77. The Hall–Kier alpha value is -2.37. The fourth-order valence-corrected chi connectivity index (χ4v) is 3.77. The van der Waals surface area contributed by atoms with Crippen LogP contribution in [0.25, 0.3) is 0 Å². The summed E-state index contributed by atoms with van der Waals surface area (Å²) < 4.78 is 2.14. The molecule has 1 aliphatic carbocycles. The Morgan fingerprint density at radius 3 is 3.08 bits per heavy atom. The van der Waals surface area contributed by atoms with Gasteiger partial charge >= 0.3 is 6.03 Å². The Labute approximate surface area is 141 Å². The lowest BCUT2D eigenvalue weighted by molar-refractivity contribution is 0.199. The zero-order chi connectivity index (χ0) is 16.5. The van der Waals surface area contributed by atoms with E-state index < -0.39 is 0 Å². The van der Waals surface area contributed by atoms with Crippen LogP contribution < -0.4 is 5.32 Å². The summed E-state index contributed by atoms with van der Waals surface area (Å²) in [5, 5.41) is 11.6. The second kappa shape index (κ2) is 6.26. The highest BCUT2D eigenvalue weighted by Gasteiger charge is 2.24. The lowest BCUT2D eigenvalue weighted by Gasteiger charge is -2.28. The predicted molar refractivity (Wildman–Crippen MR) is 90.5 cm³/mol. The molecule has 1 unspecified atom stereocenters. The Kier molecular flexibility index (Phi) is 3.96. The summed E-state index contributed by atoms with van der Waals surface area (Å²) in [5.41, 5.74) is 2.61. The van der Waals surface area contributed by atoms with Crippen LogP contribution in [0.4, 0.5) is 4.79 Å². The van der Waals surface area contributed by atoms with Crippen LogP contribution in [-0.4, -0.2) is 32.7 Å². The Balaban J connectivity index is 1.43. The zero-order valence-electron chi connectivity index (χ0n) is 14.0. The third-order valence-electron chi connectivity index (χ3n) is 5.08. The first kappa shape index (κ1) is 15.2. The second-order valence-corrected chi connectivity index (χ2v) is 6.74. The molecule has 2 amide bonds. The average molecular weight is 325 g/mol. The van der Waals surface area contributed by atoms with Gasteiger partial charge in [0, 0.05) is 20.0 Å². The maximum absolute atomic E-state index is 12.6. The molecule has 1 atom stereocenters. The molecule has 1 aliphatic heterocycles. The van der Waals surface area contributed by atoms with Crippen LogP contribution in [0.1, 0.15) is 48.1 Å². The van der Waals surface area contributed by atoms with Gasteiger partial charge in [-0.05, 0) is 36.8 Å². The summed E-state index contributed by atoms with van der Waals surface area (Å²) in [6, 6.07) is 8.47. The molecule has 126 valence electrons. The molecule has 0 saturated carbocycles. The predicted octanol–water partition coefficient (Wildman–Crippen LogP) is 2.44. The van der Waals surface area contributed by atoms with E-state index in [4.69, 9.17) is 0 Å². The maximum atomic E-state index is 12.6. The molecule has 0 saturated heterocycles. The summed E-state index contributed by atoms with van der Waals surface area (Å²) in [6.07, 6.45) is 5.32. The van der Waals surface area contributed by atoms with Crippen molar-refractivity contribution in [2.24, 2.45) is 0 Å². The number of aromatic nitrogens is 3. The van der Waals surface area contributed by atoms with Crippen molar-refractivity contribution in [3.8, 4) is 0 Å². The molecule has 1 aromatic heterocycles. The van der Waals surface area contributed by atoms with Crippen LogP contribution in [-0.2, 0) is 25.9 Å². The number of urea groups is 1. The first-order valence-electron chi connectivity index (χ1n) is 8.73. The number of hydrogen-bond acceptors (Lipinski definition) is 3. The molecule has 6 nitrogen and oxygen atoms in total. The van der Waals surface area contributed by atoms with Gasteiger partial charge in [0.25, 0.3) is 0 Å². The largest absolute Gasteiger partial charge is 0.331 e. The number of fused-ring (bicyclic) bond motifs is 2. The summed E-state index contributed by atoms with van der Waals surface area (Å²) >= 11 is 0.